The van der Waals surface area contributed by atoms with Gasteiger partial charge in [-0.3, -0.25) is 34.1 Å². The predicted molar refractivity (Wildman–Crippen MR) is 210 cm³/mol. The van der Waals surface area contributed by atoms with E-state index in [0.717, 1.165) is 0 Å². The Morgan fingerprint density at radius 1 is 0.842 bits per heavy atom. The molecule has 0 unspecified atom stereocenters. The molecule has 3 rings (SSSR count). The van der Waals surface area contributed by atoms with Crippen LogP contribution in [0.1, 0.15) is 79.0 Å². The molecule has 0 bridgehead atoms. The Kier molecular flexibility index (Phi) is 17.2. The molecule has 6 N–H and O–H groups in total. The summed E-state index contributed by atoms with van der Waals surface area (Å²) in [6.45, 7) is 11.6. The van der Waals surface area contributed by atoms with Gasteiger partial charge in [0.05, 0.1) is 18.3 Å². The molecule has 57 heavy (non-hydrogen) atoms. The third kappa shape index (κ3) is 14.9. The van der Waals surface area contributed by atoms with E-state index < -0.39 is 83.6 Å². The predicted octanol–water partition coefficient (Wildman–Crippen LogP) is 3.25. The van der Waals surface area contributed by atoms with E-state index in [1.165, 1.54) is 18.6 Å². The molecule has 0 spiro atoms. The molecule has 15 nitrogen and oxygen atoms in total. The highest BCUT2D eigenvalue weighted by Crippen LogP contribution is 2.26. The number of hydrogen-bond donors (Lipinski definition) is 6. The van der Waals surface area contributed by atoms with Crippen molar-refractivity contribution in [2.45, 2.75) is 129 Å². The number of carbonyl (C=O) groups is 5. The van der Waals surface area contributed by atoms with E-state index in [1.807, 2.05) is 0 Å². The van der Waals surface area contributed by atoms with Gasteiger partial charge in [-0.05, 0) is 56.7 Å². The first-order valence-corrected chi connectivity index (χ1v) is 19.0. The van der Waals surface area contributed by atoms with Gasteiger partial charge in [-0.25, -0.2) is 4.79 Å². The molecule has 0 saturated heterocycles. The van der Waals surface area contributed by atoms with E-state index in [-0.39, 0.29) is 31.7 Å². The molecule has 0 saturated carbocycles. The summed E-state index contributed by atoms with van der Waals surface area (Å²) < 4.78 is 37.3. The van der Waals surface area contributed by atoms with Gasteiger partial charge in [-0.2, -0.15) is 8.78 Å². The van der Waals surface area contributed by atoms with Crippen molar-refractivity contribution >= 4 is 42.2 Å². The van der Waals surface area contributed by atoms with Crippen molar-refractivity contribution in [3.8, 4) is 0 Å². The summed E-state index contributed by atoms with van der Waals surface area (Å²) in [4.78, 5) is 79.5. The van der Waals surface area contributed by atoms with Crippen molar-refractivity contribution < 1.29 is 42.6 Å². The molecular weight excluding hydrogens is 742 g/mol. The fourth-order valence-corrected chi connectivity index (χ4v) is 5.83. The lowest BCUT2D eigenvalue weighted by Crippen LogP contribution is -2.63. The van der Waals surface area contributed by atoms with Gasteiger partial charge < -0.3 is 36.4 Å². The summed E-state index contributed by atoms with van der Waals surface area (Å²) >= 11 is 0. The number of aliphatic hydroxyl groups is 1. The fraction of sp³-hybridized carbons (Fsp3) is 0.550. The second-order valence-corrected chi connectivity index (χ2v) is 15.5. The van der Waals surface area contributed by atoms with Crippen LogP contribution in [0.2, 0.25) is 0 Å². The van der Waals surface area contributed by atoms with E-state index in [1.54, 1.807) is 97.0 Å². The van der Waals surface area contributed by atoms with Gasteiger partial charge in [0, 0.05) is 31.5 Å². The smallest absolute Gasteiger partial charge is 0.408 e. The molecule has 0 aliphatic carbocycles. The summed E-state index contributed by atoms with van der Waals surface area (Å²) in [5.41, 5.74) is 0.313. The quantitative estimate of drug-likeness (QED) is 0.117. The topological polar surface area (TPSA) is 213 Å². The van der Waals surface area contributed by atoms with E-state index in [9.17, 15) is 29.1 Å². The number of nitrogens with zero attached hydrogens (tertiary/aromatic N) is 3. The number of pyridine rings is 1. The molecule has 1 aliphatic rings. The molecule has 2 heterocycles. The van der Waals surface area contributed by atoms with Crippen molar-refractivity contribution in [2.24, 2.45) is 21.8 Å². The van der Waals surface area contributed by atoms with E-state index >= 15 is 8.78 Å². The van der Waals surface area contributed by atoms with Crippen molar-refractivity contribution in [3.05, 3.63) is 66.0 Å². The van der Waals surface area contributed by atoms with E-state index in [0.29, 0.717) is 17.7 Å². The maximum atomic E-state index is 16.0. The normalized spacial score (nSPS) is 16.1. The Morgan fingerprint density at radius 3 is 2.05 bits per heavy atom. The third-order valence-corrected chi connectivity index (χ3v) is 9.01. The summed E-state index contributed by atoms with van der Waals surface area (Å²) in [5, 5.41) is 23.5. The summed E-state index contributed by atoms with van der Waals surface area (Å²) in [6, 6.07) is 8.09. The van der Waals surface area contributed by atoms with Crippen molar-refractivity contribution in [1.82, 2.24) is 31.6 Å². The molecule has 1 aliphatic heterocycles. The largest absolute Gasteiger partial charge is 0.444 e. The standard InChI is InChI=1S/C40H56F2N8O7/c1-8-25(4)32(36(54)46-23-27-16-12-13-17-43-27)50-37(55)40(41,42)33(51)28(20-24(2)3)47-35(53)30(22-31-44-18-19-45-31)48-34(52)29(21-26-14-10-9-11-15-26)49-38(56)57-39(5,6)7/h9-19,24-25,28-33,51H,8,20-23H2,1-7H3,(H,46,54)(H,47,53)(H,48,52)(H,49,56)(H,50,55)/t25-,28-,29-,30-,32-,33+/m0/s1. The minimum atomic E-state index is -4.49. The van der Waals surface area contributed by atoms with Gasteiger partial charge in [0.25, 0.3) is 5.91 Å². The van der Waals surface area contributed by atoms with Gasteiger partial charge in [-0.1, -0.05) is 70.5 Å². The lowest BCUT2D eigenvalue weighted by molar-refractivity contribution is -0.170. The fourth-order valence-electron chi connectivity index (χ4n) is 5.83. The number of carbonyl (C=O) groups excluding carboxylic acids is 5. The van der Waals surface area contributed by atoms with Crippen LogP contribution in [-0.2, 0) is 36.9 Å². The van der Waals surface area contributed by atoms with Crippen LogP contribution in [0, 0.1) is 11.8 Å². The number of ether oxygens (including phenoxy) is 1. The molecule has 0 fully saturated rings. The number of aliphatic imine (C=N–C) groups is 2. The van der Waals surface area contributed by atoms with Crippen molar-refractivity contribution in [3.63, 3.8) is 0 Å². The molecular formula is C40H56F2N8O7. The minimum Gasteiger partial charge on any atom is -0.444 e. The number of alkyl halides is 2. The van der Waals surface area contributed by atoms with Crippen LogP contribution in [0.3, 0.4) is 0 Å². The number of nitrogens with one attached hydrogen (secondary N) is 5. The molecule has 17 heteroatoms. The van der Waals surface area contributed by atoms with Crippen LogP contribution in [0.5, 0.6) is 0 Å². The molecule has 6 atom stereocenters. The number of rotatable bonds is 20. The van der Waals surface area contributed by atoms with Gasteiger partial charge in [0.2, 0.25) is 17.7 Å². The number of aromatic nitrogens is 1. The van der Waals surface area contributed by atoms with Crippen LogP contribution >= 0.6 is 0 Å². The van der Waals surface area contributed by atoms with Gasteiger partial charge in [0.15, 0.2) is 0 Å². The monoisotopic (exact) mass is 798 g/mol. The van der Waals surface area contributed by atoms with Crippen molar-refractivity contribution in [1.29, 1.82) is 0 Å². The number of halogens is 2. The number of aliphatic hydroxyl groups excluding tert-OH is 1. The zero-order chi connectivity index (χ0) is 42.3. The summed E-state index contributed by atoms with van der Waals surface area (Å²) in [7, 11) is 0. The lowest BCUT2D eigenvalue weighted by Gasteiger charge is -2.33. The van der Waals surface area contributed by atoms with Crippen LogP contribution in [0.25, 0.3) is 0 Å². The lowest BCUT2D eigenvalue weighted by atomic mass is 9.93. The third-order valence-electron chi connectivity index (χ3n) is 9.01. The van der Waals surface area contributed by atoms with Gasteiger partial charge >= 0.3 is 12.0 Å². The zero-order valence-electron chi connectivity index (χ0n) is 33.5. The first kappa shape index (κ1) is 46.1. The van der Waals surface area contributed by atoms with Gasteiger partial charge in [0.1, 0.15) is 36.0 Å². The first-order chi connectivity index (χ1) is 26.8. The molecule has 1 aromatic carbocycles. The Morgan fingerprint density at radius 2 is 1.47 bits per heavy atom. The highest BCUT2D eigenvalue weighted by molar-refractivity contribution is 6.17. The van der Waals surface area contributed by atoms with Crippen LogP contribution in [0.4, 0.5) is 13.6 Å². The number of hydrogen-bond acceptors (Lipinski definition) is 10. The minimum absolute atomic E-state index is 0.00875. The summed E-state index contributed by atoms with van der Waals surface area (Å²) in [6.07, 6.45) is -0.161. The van der Waals surface area contributed by atoms with Crippen LogP contribution < -0.4 is 26.6 Å². The molecule has 312 valence electrons. The van der Waals surface area contributed by atoms with Crippen LogP contribution in [-0.4, -0.2) is 100 Å². The second-order valence-electron chi connectivity index (χ2n) is 15.5. The van der Waals surface area contributed by atoms with E-state index in [4.69, 9.17) is 4.74 Å². The second kappa shape index (κ2) is 21.3. The summed E-state index contributed by atoms with van der Waals surface area (Å²) in [5.74, 6) is -9.81. The average Bonchev–Trinajstić information content (AvgIpc) is 3.67. The number of amides is 5. The first-order valence-electron chi connectivity index (χ1n) is 19.0. The zero-order valence-corrected chi connectivity index (χ0v) is 33.5. The molecule has 2 aromatic rings. The number of benzene rings is 1. The maximum Gasteiger partial charge on any atom is 0.408 e. The number of alkyl carbamates (subject to hydrolysis) is 1. The van der Waals surface area contributed by atoms with Crippen molar-refractivity contribution in [2.75, 3.05) is 0 Å². The van der Waals surface area contributed by atoms with Crippen LogP contribution in [0.15, 0.2) is 64.7 Å². The Balaban J connectivity index is 1.84. The Bertz CT molecular complexity index is 1690. The molecule has 1 aromatic heterocycles. The molecule has 5 amide bonds. The van der Waals surface area contributed by atoms with E-state index in [2.05, 4.69) is 41.6 Å². The highest BCUT2D eigenvalue weighted by Gasteiger charge is 2.52. The highest BCUT2D eigenvalue weighted by atomic mass is 19.3. The Hall–Kier alpha value is -5.32. The SMILES string of the molecule is CC[C@H](C)[C@H](NC(=O)C(F)(F)[C@H](O)[C@H](CC(C)C)NC(=O)[C@H](CC1N=CC=N1)NC(=O)[C@H](Cc1ccccc1)NC(=O)OC(C)(C)C)C(=O)NCc1ccccn1. The average molecular weight is 799 g/mol. The Labute approximate surface area is 332 Å². The van der Waals surface area contributed by atoms with Gasteiger partial charge in [-0.15, -0.1) is 0 Å². The molecule has 0 radical (unpaired) electrons. The maximum absolute atomic E-state index is 16.0.